The molecule has 0 spiro atoms. The van der Waals surface area contributed by atoms with E-state index in [1.54, 1.807) is 0 Å². The number of fused-ring (bicyclic) bond motifs is 1. The van der Waals surface area contributed by atoms with Gasteiger partial charge in [-0.3, -0.25) is 9.59 Å². The zero-order chi connectivity index (χ0) is 12.6. The number of methoxy groups -OCH3 is 2. The van der Waals surface area contributed by atoms with Gasteiger partial charge in [0.05, 0.1) is 20.3 Å². The highest BCUT2D eigenvalue weighted by molar-refractivity contribution is 6.01. The molecule has 2 atom stereocenters. The molecule has 1 aliphatic carbocycles. The molecule has 1 heterocycles. The predicted octanol–water partition coefficient (Wildman–Crippen LogP) is 0.684. The predicted molar refractivity (Wildman–Crippen MR) is 58.1 cm³/mol. The quantitative estimate of drug-likeness (QED) is 0.403. The summed E-state index contributed by atoms with van der Waals surface area (Å²) in [6.07, 6.45) is 0.670. The molecule has 1 saturated carbocycles. The smallest absolute Gasteiger partial charge is 0.323 e. The Morgan fingerprint density at radius 1 is 1.35 bits per heavy atom. The molecule has 5 nitrogen and oxygen atoms in total. The second kappa shape index (κ2) is 4.14. The fourth-order valence-electron chi connectivity index (χ4n) is 2.98. The minimum absolute atomic E-state index is 0.213. The summed E-state index contributed by atoms with van der Waals surface area (Å²) in [5.41, 5.74) is -0.495. The number of hydrogen-bond acceptors (Lipinski definition) is 5. The first-order valence-corrected chi connectivity index (χ1v) is 5.54. The number of rotatable bonds is 2. The van der Waals surface area contributed by atoms with Crippen molar-refractivity contribution in [2.24, 2.45) is 11.3 Å². The molecule has 17 heavy (non-hydrogen) atoms. The lowest BCUT2D eigenvalue weighted by Crippen LogP contribution is -2.45. The van der Waals surface area contributed by atoms with Gasteiger partial charge in [-0.15, -0.1) is 0 Å². The topological polar surface area (TPSA) is 61.8 Å². The van der Waals surface area contributed by atoms with Crippen molar-refractivity contribution in [3.8, 4) is 0 Å². The number of esters is 2. The number of hydrogen-bond donors (Lipinski definition) is 0. The van der Waals surface area contributed by atoms with Gasteiger partial charge in [-0.25, -0.2) is 0 Å². The van der Waals surface area contributed by atoms with Gasteiger partial charge in [-0.2, -0.15) is 0 Å². The van der Waals surface area contributed by atoms with Crippen LogP contribution in [-0.2, 0) is 23.8 Å². The summed E-state index contributed by atoms with van der Waals surface area (Å²) in [5, 5.41) is 0. The number of carbonyl (C=O) groups excluding carboxylic acids is 2. The van der Waals surface area contributed by atoms with Gasteiger partial charge in [0.2, 0.25) is 0 Å². The van der Waals surface area contributed by atoms with Crippen LogP contribution >= 0.6 is 0 Å². The van der Waals surface area contributed by atoms with Crippen LogP contribution in [0.5, 0.6) is 0 Å². The van der Waals surface area contributed by atoms with Gasteiger partial charge in [-0.1, -0.05) is 6.58 Å². The van der Waals surface area contributed by atoms with Crippen LogP contribution in [0.1, 0.15) is 12.8 Å². The van der Waals surface area contributed by atoms with Crippen molar-refractivity contribution < 1.29 is 23.8 Å². The van der Waals surface area contributed by atoms with Gasteiger partial charge < -0.3 is 14.2 Å². The zero-order valence-corrected chi connectivity index (χ0v) is 10.0. The molecule has 1 saturated heterocycles. The summed E-state index contributed by atoms with van der Waals surface area (Å²) >= 11 is 0. The maximum absolute atomic E-state index is 12.0. The van der Waals surface area contributed by atoms with Crippen LogP contribution in [-0.4, -0.2) is 38.9 Å². The summed E-state index contributed by atoms with van der Waals surface area (Å²) in [4.78, 5) is 24.0. The summed E-state index contributed by atoms with van der Waals surface area (Å²) in [5.74, 6) is -1.32. The van der Waals surface area contributed by atoms with Crippen molar-refractivity contribution in [2.75, 3.05) is 20.8 Å². The maximum atomic E-state index is 12.0. The Kier molecular flexibility index (Phi) is 2.95. The third-order valence-electron chi connectivity index (χ3n) is 3.73. The number of carbonyl (C=O) groups is 2. The summed E-state index contributed by atoms with van der Waals surface area (Å²) in [6, 6.07) is 0. The first-order chi connectivity index (χ1) is 8.07. The number of ether oxygens (including phenoxy) is 3. The highest BCUT2D eigenvalue weighted by Crippen LogP contribution is 2.53. The second-order valence-electron chi connectivity index (χ2n) is 4.48. The molecule has 0 radical (unpaired) electrons. The molecular formula is C12H16O5. The van der Waals surface area contributed by atoms with Crippen molar-refractivity contribution in [3.63, 3.8) is 0 Å². The average molecular weight is 240 g/mol. The molecule has 0 amide bonds. The van der Waals surface area contributed by atoms with Gasteiger partial charge in [0.1, 0.15) is 0 Å². The first-order valence-electron chi connectivity index (χ1n) is 5.54. The third kappa shape index (κ3) is 1.49. The summed E-state index contributed by atoms with van der Waals surface area (Å²) in [7, 11) is 2.55. The fraction of sp³-hybridized carbons (Fsp3) is 0.667. The first kappa shape index (κ1) is 12.1. The van der Waals surface area contributed by atoms with E-state index in [-0.39, 0.29) is 18.4 Å². The largest absolute Gasteiger partial charge is 0.468 e. The van der Waals surface area contributed by atoms with Crippen LogP contribution < -0.4 is 0 Å². The van der Waals surface area contributed by atoms with E-state index in [1.807, 2.05) is 0 Å². The van der Waals surface area contributed by atoms with Crippen LogP contribution in [0.25, 0.3) is 0 Å². The van der Waals surface area contributed by atoms with Crippen LogP contribution in [0.3, 0.4) is 0 Å². The molecule has 5 heteroatoms. The summed E-state index contributed by atoms with van der Waals surface area (Å²) in [6.45, 7) is 4.42. The molecule has 94 valence electrons. The van der Waals surface area contributed by atoms with E-state index in [9.17, 15) is 9.59 Å². The Balaban J connectivity index is 2.44. The Hall–Kier alpha value is -1.36. The van der Waals surface area contributed by atoms with E-state index in [0.717, 1.165) is 5.57 Å². The van der Waals surface area contributed by atoms with E-state index in [0.29, 0.717) is 13.0 Å². The Bertz CT molecular complexity index is 357. The molecule has 0 N–H and O–H groups in total. The van der Waals surface area contributed by atoms with Gasteiger partial charge in [0.25, 0.3) is 0 Å². The molecule has 2 rings (SSSR count). The molecule has 0 bridgehead atoms. The van der Waals surface area contributed by atoms with E-state index in [2.05, 4.69) is 6.58 Å². The van der Waals surface area contributed by atoms with E-state index >= 15 is 0 Å². The fourth-order valence-corrected chi connectivity index (χ4v) is 2.98. The standard InChI is InChI=1S/C12H16O5/c1-7-6-12(10(13)15-2,11(14)16-3)8-4-5-17-9(7)8/h8-9H,1,4-6H2,2-3H3/t8-,9-/m0/s1. The zero-order valence-electron chi connectivity index (χ0n) is 10.0. The summed E-state index contributed by atoms with van der Waals surface area (Å²) < 4.78 is 15.1. The minimum Gasteiger partial charge on any atom is -0.468 e. The van der Waals surface area contributed by atoms with Gasteiger partial charge in [0, 0.05) is 12.5 Å². The van der Waals surface area contributed by atoms with Crippen molar-refractivity contribution in [1.29, 1.82) is 0 Å². The normalized spacial score (nSPS) is 29.9. The monoisotopic (exact) mass is 240 g/mol. The Labute approximate surface area is 99.7 Å². The van der Waals surface area contributed by atoms with Crippen LogP contribution in [0.2, 0.25) is 0 Å². The van der Waals surface area contributed by atoms with E-state index < -0.39 is 17.4 Å². The van der Waals surface area contributed by atoms with Crippen molar-refractivity contribution >= 4 is 11.9 Å². The lowest BCUT2D eigenvalue weighted by molar-refractivity contribution is -0.172. The van der Waals surface area contributed by atoms with Crippen LogP contribution in [0.4, 0.5) is 0 Å². The highest BCUT2D eigenvalue weighted by atomic mass is 16.5. The van der Waals surface area contributed by atoms with E-state index in [4.69, 9.17) is 14.2 Å². The van der Waals surface area contributed by atoms with E-state index in [1.165, 1.54) is 14.2 Å². The molecule has 0 aromatic rings. The SMILES string of the molecule is C=C1CC(C(=O)OC)(C(=O)OC)[C@H]2CCO[C@@H]12. The molecule has 0 unspecified atom stereocenters. The highest BCUT2D eigenvalue weighted by Gasteiger charge is 2.63. The van der Waals surface area contributed by atoms with Gasteiger partial charge >= 0.3 is 11.9 Å². The Morgan fingerprint density at radius 3 is 2.47 bits per heavy atom. The van der Waals surface area contributed by atoms with Gasteiger partial charge in [-0.05, 0) is 18.4 Å². The average Bonchev–Trinajstić information content (AvgIpc) is 2.91. The third-order valence-corrected chi connectivity index (χ3v) is 3.73. The molecule has 0 aromatic carbocycles. The molecule has 2 aliphatic rings. The van der Waals surface area contributed by atoms with Crippen molar-refractivity contribution in [3.05, 3.63) is 12.2 Å². The second-order valence-corrected chi connectivity index (χ2v) is 4.48. The van der Waals surface area contributed by atoms with Crippen LogP contribution in [0.15, 0.2) is 12.2 Å². The molecule has 0 aromatic heterocycles. The maximum Gasteiger partial charge on any atom is 0.323 e. The molecule has 2 fully saturated rings. The lowest BCUT2D eigenvalue weighted by Gasteiger charge is -2.27. The molecular weight excluding hydrogens is 224 g/mol. The Morgan fingerprint density at radius 2 is 1.94 bits per heavy atom. The van der Waals surface area contributed by atoms with Crippen molar-refractivity contribution in [2.45, 2.75) is 18.9 Å². The minimum atomic E-state index is -1.26. The van der Waals surface area contributed by atoms with Crippen molar-refractivity contribution in [1.82, 2.24) is 0 Å². The van der Waals surface area contributed by atoms with Crippen LogP contribution in [0, 0.1) is 11.3 Å². The molecule has 1 aliphatic heterocycles. The van der Waals surface area contributed by atoms with Gasteiger partial charge in [0.15, 0.2) is 5.41 Å². The lowest BCUT2D eigenvalue weighted by atomic mass is 9.76.